The fraction of sp³-hybridized carbons (Fsp3) is 0.182. The highest BCUT2D eigenvalue weighted by atomic mass is 35.5. The van der Waals surface area contributed by atoms with Crippen LogP contribution < -0.4 is 17.1 Å². The first-order valence-corrected chi connectivity index (χ1v) is 4.47. The zero-order chi connectivity index (χ0) is 10.1. The van der Waals surface area contributed by atoms with Crippen molar-refractivity contribution in [3.63, 3.8) is 0 Å². The lowest BCUT2D eigenvalue weighted by Crippen LogP contribution is -3.00. The Morgan fingerprint density at radius 2 is 1.73 bits per heavy atom. The van der Waals surface area contributed by atoms with Gasteiger partial charge in [0.15, 0.2) is 5.76 Å². The first-order chi connectivity index (χ1) is 6.70. The van der Waals surface area contributed by atoms with Crippen LogP contribution in [0.25, 0.3) is 11.5 Å². The summed E-state index contributed by atoms with van der Waals surface area (Å²) in [5.41, 5.74) is 1.59. The molecule has 2 aromatic rings. The highest BCUT2D eigenvalue weighted by Gasteiger charge is 2.24. The lowest BCUT2D eigenvalue weighted by molar-refractivity contribution is -0.901. The molecule has 1 N–H and O–H groups in total. The van der Waals surface area contributed by atoms with Gasteiger partial charge < -0.3 is 16.8 Å². The molecular weight excluding hydrogens is 214 g/mol. The molecule has 0 fully saturated rings. The molecule has 0 spiro atoms. The molecule has 3 nitrogen and oxygen atoms in total. The quantitative estimate of drug-likeness (QED) is 0.504. The van der Waals surface area contributed by atoms with Crippen LogP contribution >= 0.6 is 0 Å². The van der Waals surface area contributed by atoms with Gasteiger partial charge in [0.1, 0.15) is 0 Å². The van der Waals surface area contributed by atoms with Crippen LogP contribution in [0.15, 0.2) is 34.7 Å². The van der Waals surface area contributed by atoms with Crippen LogP contribution in [-0.4, -0.2) is 5.21 Å². The summed E-state index contributed by atoms with van der Waals surface area (Å²) in [6, 6.07) is 9.52. The van der Waals surface area contributed by atoms with Gasteiger partial charge in [-0.1, -0.05) is 18.2 Å². The lowest BCUT2D eigenvalue weighted by atomic mass is 10.2. The first kappa shape index (κ1) is 11.6. The van der Waals surface area contributed by atoms with E-state index in [2.05, 4.69) is 0 Å². The van der Waals surface area contributed by atoms with Gasteiger partial charge in [0.05, 0.1) is 10.3 Å². The van der Waals surface area contributed by atoms with E-state index >= 15 is 0 Å². The van der Waals surface area contributed by atoms with Crippen molar-refractivity contribution in [2.75, 3.05) is 0 Å². The molecule has 0 atom stereocenters. The van der Waals surface area contributed by atoms with E-state index in [1.165, 1.54) is 0 Å². The second kappa shape index (κ2) is 4.36. The topological polar surface area (TPSA) is 37.2 Å². The summed E-state index contributed by atoms with van der Waals surface area (Å²) in [5.74, 6) is 1.20. The Morgan fingerprint density at radius 3 is 2.20 bits per heavy atom. The van der Waals surface area contributed by atoms with E-state index in [0.29, 0.717) is 5.89 Å². The number of hydrogen-bond acceptors (Lipinski definition) is 2. The second-order valence-corrected chi connectivity index (χ2v) is 3.23. The van der Waals surface area contributed by atoms with Crippen molar-refractivity contribution in [2.45, 2.75) is 13.8 Å². The van der Waals surface area contributed by atoms with E-state index in [9.17, 15) is 5.21 Å². The van der Waals surface area contributed by atoms with E-state index in [1.807, 2.05) is 44.2 Å². The molecule has 80 valence electrons. The summed E-state index contributed by atoms with van der Waals surface area (Å²) in [4.78, 5) is 0. The molecular formula is C11H12ClNO2. The lowest BCUT2D eigenvalue weighted by Gasteiger charge is -1.88. The summed E-state index contributed by atoms with van der Waals surface area (Å²) in [6.45, 7) is 3.64. The van der Waals surface area contributed by atoms with Gasteiger partial charge in [-0.15, -0.1) is 0 Å². The summed E-state index contributed by atoms with van der Waals surface area (Å²) in [7, 11) is 0. The first-order valence-electron chi connectivity index (χ1n) is 4.47. The van der Waals surface area contributed by atoms with Gasteiger partial charge in [-0.2, -0.15) is 0 Å². The van der Waals surface area contributed by atoms with Gasteiger partial charge in [-0.05, 0) is 12.1 Å². The Morgan fingerprint density at radius 1 is 1.13 bits per heavy atom. The van der Waals surface area contributed by atoms with E-state index in [1.54, 1.807) is 0 Å². The third-order valence-corrected chi connectivity index (χ3v) is 2.29. The van der Waals surface area contributed by atoms with Crippen LogP contribution in [0.4, 0.5) is 0 Å². The van der Waals surface area contributed by atoms with E-state index in [-0.39, 0.29) is 12.4 Å². The van der Waals surface area contributed by atoms with Crippen molar-refractivity contribution >= 4 is 0 Å². The Hall–Kier alpha value is -1.48. The molecule has 2 rings (SSSR count). The van der Waals surface area contributed by atoms with E-state index in [4.69, 9.17) is 4.42 Å². The Balaban J connectivity index is 0.00000112. The zero-order valence-corrected chi connectivity index (χ0v) is 9.32. The maximum atomic E-state index is 9.69. The molecule has 0 bridgehead atoms. The average Bonchev–Trinajstić information content (AvgIpc) is 2.47. The highest BCUT2D eigenvalue weighted by Crippen LogP contribution is 2.18. The van der Waals surface area contributed by atoms with Crippen LogP contribution in [0, 0.1) is 13.8 Å². The summed E-state index contributed by atoms with van der Waals surface area (Å²) in [6.07, 6.45) is 0. The summed E-state index contributed by atoms with van der Waals surface area (Å²) < 4.78 is 6.52. The molecule has 0 saturated carbocycles. The predicted molar refractivity (Wildman–Crippen MR) is 51.0 cm³/mol. The van der Waals surface area contributed by atoms with Gasteiger partial charge in [-0.3, -0.25) is 5.21 Å². The zero-order valence-electron chi connectivity index (χ0n) is 8.57. The minimum atomic E-state index is 0. The van der Waals surface area contributed by atoms with Crippen LogP contribution in [0.3, 0.4) is 0 Å². The predicted octanol–water partition coefficient (Wildman–Crippen LogP) is -0.908. The summed E-state index contributed by atoms with van der Waals surface area (Å²) >= 11 is 0. The third kappa shape index (κ3) is 1.97. The van der Waals surface area contributed by atoms with Crippen molar-refractivity contribution in [1.29, 1.82) is 0 Å². The van der Waals surface area contributed by atoms with Crippen LogP contribution in [-0.2, 0) is 0 Å². The molecule has 1 aromatic carbocycles. The summed E-state index contributed by atoms with van der Waals surface area (Å²) in [5, 5.41) is 9.69. The number of halogens is 1. The van der Waals surface area contributed by atoms with Crippen molar-refractivity contribution < 1.29 is 26.8 Å². The Bertz CT molecular complexity index is 451. The smallest absolute Gasteiger partial charge is 0.429 e. The average molecular weight is 226 g/mol. The molecule has 4 heteroatoms. The maximum absolute atomic E-state index is 9.69. The van der Waals surface area contributed by atoms with Gasteiger partial charge in [-0.25, -0.2) is 0 Å². The number of oxazole rings is 1. The number of rotatable bonds is 1. The molecule has 0 unspecified atom stereocenters. The molecule has 0 amide bonds. The van der Waals surface area contributed by atoms with Gasteiger partial charge in [0.2, 0.25) is 0 Å². The molecule has 0 aliphatic carbocycles. The van der Waals surface area contributed by atoms with Crippen molar-refractivity contribution in [3.8, 4) is 11.5 Å². The number of aryl methyl sites for hydroxylation is 1. The van der Waals surface area contributed by atoms with Crippen molar-refractivity contribution in [2.24, 2.45) is 0 Å². The Kier molecular flexibility index (Phi) is 3.37. The molecule has 1 aromatic heterocycles. The van der Waals surface area contributed by atoms with Crippen LogP contribution in [0.2, 0.25) is 0 Å². The molecule has 1 heterocycles. The molecule has 0 saturated heterocycles. The minimum Gasteiger partial charge on any atom is -1.00 e. The molecule has 15 heavy (non-hydrogen) atoms. The maximum Gasteiger partial charge on any atom is 0.429 e. The molecule has 0 aliphatic rings. The number of aromatic nitrogens is 1. The van der Waals surface area contributed by atoms with Crippen LogP contribution in [0.1, 0.15) is 11.5 Å². The van der Waals surface area contributed by atoms with E-state index < -0.39 is 0 Å². The standard InChI is InChI=1S/C11H12NO2.ClH/c1-8-9(2)14-11(12(8)13)10-6-4-3-5-7-10;/h3-7,13H,1-2H3;1H/q+1;/p-1. The number of nitrogens with zero attached hydrogens (tertiary/aromatic N) is 1. The Labute approximate surface area is 94.3 Å². The monoisotopic (exact) mass is 225 g/mol. The SMILES string of the molecule is Cc1oc(-c2ccccc2)[n+](O)c1C.[Cl-]. The minimum absolute atomic E-state index is 0. The molecule has 0 radical (unpaired) electrons. The normalized spacial score (nSPS) is 9.73. The second-order valence-electron chi connectivity index (χ2n) is 3.23. The number of hydrogen-bond donors (Lipinski definition) is 1. The van der Waals surface area contributed by atoms with Gasteiger partial charge >= 0.3 is 5.89 Å². The van der Waals surface area contributed by atoms with Crippen molar-refractivity contribution in [1.82, 2.24) is 0 Å². The third-order valence-electron chi connectivity index (χ3n) is 2.29. The van der Waals surface area contributed by atoms with Gasteiger partial charge in [0.25, 0.3) is 5.69 Å². The largest absolute Gasteiger partial charge is 1.00 e. The molecule has 0 aliphatic heterocycles. The van der Waals surface area contributed by atoms with Crippen LogP contribution in [0.5, 0.6) is 0 Å². The fourth-order valence-electron chi connectivity index (χ4n) is 1.33. The van der Waals surface area contributed by atoms with Gasteiger partial charge in [0, 0.05) is 13.8 Å². The van der Waals surface area contributed by atoms with E-state index in [0.717, 1.165) is 21.7 Å². The van der Waals surface area contributed by atoms with Crippen molar-refractivity contribution in [3.05, 3.63) is 41.8 Å². The highest BCUT2D eigenvalue weighted by molar-refractivity contribution is 5.49. The fourth-order valence-corrected chi connectivity index (χ4v) is 1.33. The number of benzene rings is 1.